The highest BCUT2D eigenvalue weighted by atomic mass is 16.2. The second-order valence-electron chi connectivity index (χ2n) is 7.14. The number of carbonyl (C=O) groups excluding carboxylic acids is 1. The van der Waals surface area contributed by atoms with Crippen molar-refractivity contribution in [3.8, 4) is 0 Å². The van der Waals surface area contributed by atoms with Crippen molar-refractivity contribution in [2.24, 2.45) is 0 Å². The molecule has 1 aromatic carbocycles. The van der Waals surface area contributed by atoms with E-state index in [-0.39, 0.29) is 11.9 Å². The van der Waals surface area contributed by atoms with Crippen LogP contribution >= 0.6 is 0 Å². The molecule has 1 aliphatic rings. The Kier molecular flexibility index (Phi) is 5.11. The highest BCUT2D eigenvalue weighted by Crippen LogP contribution is 2.21. The van der Waals surface area contributed by atoms with Crippen molar-refractivity contribution >= 4 is 11.6 Å². The Hall–Kier alpha value is -2.30. The van der Waals surface area contributed by atoms with Crippen LogP contribution in [0.4, 0.5) is 5.69 Å². The van der Waals surface area contributed by atoms with Crippen LogP contribution in [-0.4, -0.2) is 46.7 Å². The molecule has 3 rings (SSSR count). The number of aromatic nitrogens is 2. The maximum Gasteiger partial charge on any atom is 0.223 e. The van der Waals surface area contributed by atoms with Crippen LogP contribution in [0.1, 0.15) is 35.9 Å². The zero-order valence-electron chi connectivity index (χ0n) is 15.7. The third kappa shape index (κ3) is 3.86. The largest absolute Gasteiger partial charge is 0.368 e. The number of benzene rings is 1. The molecule has 1 aliphatic heterocycles. The van der Waals surface area contributed by atoms with Gasteiger partial charge in [0, 0.05) is 49.9 Å². The van der Waals surface area contributed by atoms with E-state index in [2.05, 4.69) is 60.1 Å². The summed E-state index contributed by atoms with van der Waals surface area (Å²) in [5.41, 5.74) is 5.78. The monoisotopic (exact) mass is 340 g/mol. The molecule has 1 fully saturated rings. The van der Waals surface area contributed by atoms with Gasteiger partial charge in [-0.1, -0.05) is 17.7 Å². The number of H-pyrrole nitrogens is 1. The van der Waals surface area contributed by atoms with Crippen LogP contribution in [0.25, 0.3) is 0 Å². The number of nitrogens with one attached hydrogen (secondary N) is 1. The summed E-state index contributed by atoms with van der Waals surface area (Å²) in [6.07, 6.45) is 1.24. The molecule has 0 radical (unpaired) electrons. The van der Waals surface area contributed by atoms with Crippen molar-refractivity contribution in [2.75, 3.05) is 24.5 Å². The van der Waals surface area contributed by atoms with E-state index in [9.17, 15) is 4.79 Å². The number of hydrogen-bond donors (Lipinski definition) is 1. The molecule has 1 N–H and O–H groups in total. The summed E-state index contributed by atoms with van der Waals surface area (Å²) < 4.78 is 0. The Morgan fingerprint density at radius 1 is 1.20 bits per heavy atom. The Morgan fingerprint density at radius 2 is 1.92 bits per heavy atom. The van der Waals surface area contributed by atoms with Crippen LogP contribution in [0.5, 0.6) is 0 Å². The van der Waals surface area contributed by atoms with E-state index in [4.69, 9.17) is 0 Å². The van der Waals surface area contributed by atoms with E-state index in [1.165, 1.54) is 16.8 Å². The molecule has 25 heavy (non-hydrogen) atoms. The summed E-state index contributed by atoms with van der Waals surface area (Å²) in [6, 6.07) is 8.85. The molecule has 0 saturated carbocycles. The summed E-state index contributed by atoms with van der Waals surface area (Å²) in [7, 11) is 0. The maximum atomic E-state index is 12.7. The second kappa shape index (κ2) is 7.30. The number of aryl methyl sites for hydroxylation is 3. The fourth-order valence-electron chi connectivity index (χ4n) is 3.47. The predicted molar refractivity (Wildman–Crippen MR) is 101 cm³/mol. The molecule has 134 valence electrons. The molecule has 2 heterocycles. The Bertz CT molecular complexity index is 735. The van der Waals surface area contributed by atoms with Gasteiger partial charge in [-0.15, -0.1) is 0 Å². The molecule has 0 aliphatic carbocycles. The fourth-order valence-corrected chi connectivity index (χ4v) is 3.47. The zero-order chi connectivity index (χ0) is 18.0. The van der Waals surface area contributed by atoms with E-state index in [1.54, 1.807) is 0 Å². The van der Waals surface area contributed by atoms with Crippen LogP contribution in [0.3, 0.4) is 0 Å². The number of anilines is 1. The number of nitrogens with zero attached hydrogens (tertiary/aromatic N) is 3. The molecule has 5 heteroatoms. The molecule has 5 nitrogen and oxygen atoms in total. The van der Waals surface area contributed by atoms with Gasteiger partial charge in [0.15, 0.2) is 0 Å². The Morgan fingerprint density at radius 3 is 2.52 bits per heavy atom. The van der Waals surface area contributed by atoms with Crippen molar-refractivity contribution in [1.29, 1.82) is 0 Å². The molecule has 0 bridgehead atoms. The highest BCUT2D eigenvalue weighted by Gasteiger charge is 2.27. The quantitative estimate of drug-likeness (QED) is 0.931. The SMILES string of the molecule is Cc1ccc(N2CCN(C(=O)CCc3n[nH]c(C)c3C)[C@@H](C)C2)cc1. The summed E-state index contributed by atoms with van der Waals surface area (Å²) in [4.78, 5) is 17.1. The molecule has 1 atom stereocenters. The van der Waals surface area contributed by atoms with Crippen molar-refractivity contribution in [3.05, 3.63) is 46.8 Å². The average molecular weight is 340 g/mol. The second-order valence-corrected chi connectivity index (χ2v) is 7.14. The zero-order valence-corrected chi connectivity index (χ0v) is 15.7. The van der Waals surface area contributed by atoms with Gasteiger partial charge in [-0.25, -0.2) is 0 Å². The number of carbonyl (C=O) groups is 1. The first-order chi connectivity index (χ1) is 12.0. The minimum absolute atomic E-state index is 0.226. The molecule has 2 aromatic rings. The van der Waals surface area contributed by atoms with Crippen LogP contribution < -0.4 is 4.90 Å². The Labute approximate surface area is 150 Å². The van der Waals surface area contributed by atoms with Gasteiger partial charge in [0.25, 0.3) is 0 Å². The predicted octanol–water partition coefficient (Wildman–Crippen LogP) is 3.00. The first-order valence-electron chi connectivity index (χ1n) is 9.07. The van der Waals surface area contributed by atoms with Crippen LogP contribution in [0.2, 0.25) is 0 Å². The number of hydrogen-bond acceptors (Lipinski definition) is 3. The number of piperazine rings is 1. The van der Waals surface area contributed by atoms with E-state index in [0.29, 0.717) is 12.8 Å². The number of amides is 1. The van der Waals surface area contributed by atoms with Gasteiger partial charge >= 0.3 is 0 Å². The summed E-state index contributed by atoms with van der Waals surface area (Å²) >= 11 is 0. The minimum atomic E-state index is 0.226. The standard InChI is InChI=1S/C20H28N4O/c1-14-5-7-18(8-6-14)23-11-12-24(15(2)13-23)20(25)10-9-19-16(3)17(4)21-22-19/h5-8,15H,9-13H2,1-4H3,(H,21,22)/t15-/m0/s1. The first-order valence-corrected chi connectivity index (χ1v) is 9.07. The van der Waals surface area contributed by atoms with Crippen molar-refractivity contribution < 1.29 is 4.79 Å². The van der Waals surface area contributed by atoms with Gasteiger partial charge in [0.1, 0.15) is 0 Å². The molecule has 1 amide bonds. The third-order valence-electron chi connectivity index (χ3n) is 5.28. The minimum Gasteiger partial charge on any atom is -0.368 e. The van der Waals surface area contributed by atoms with E-state index in [0.717, 1.165) is 31.0 Å². The van der Waals surface area contributed by atoms with Gasteiger partial charge in [0.05, 0.1) is 5.69 Å². The fraction of sp³-hybridized carbons (Fsp3) is 0.500. The van der Waals surface area contributed by atoms with Crippen molar-refractivity contribution in [2.45, 2.75) is 46.6 Å². The van der Waals surface area contributed by atoms with E-state index in [1.807, 2.05) is 11.8 Å². The first kappa shape index (κ1) is 17.5. The lowest BCUT2D eigenvalue weighted by atomic mass is 10.1. The van der Waals surface area contributed by atoms with Crippen LogP contribution in [-0.2, 0) is 11.2 Å². The Balaban J connectivity index is 1.56. The molecule has 1 saturated heterocycles. The lowest BCUT2D eigenvalue weighted by Gasteiger charge is -2.41. The van der Waals surface area contributed by atoms with E-state index >= 15 is 0 Å². The van der Waals surface area contributed by atoms with Crippen LogP contribution in [0, 0.1) is 20.8 Å². The lowest BCUT2D eigenvalue weighted by Crippen LogP contribution is -2.54. The summed E-state index contributed by atoms with van der Waals surface area (Å²) in [5, 5.41) is 7.30. The van der Waals surface area contributed by atoms with Crippen LogP contribution in [0.15, 0.2) is 24.3 Å². The maximum absolute atomic E-state index is 12.7. The molecular formula is C20H28N4O. The topological polar surface area (TPSA) is 52.2 Å². The third-order valence-corrected chi connectivity index (χ3v) is 5.28. The average Bonchev–Trinajstić information content (AvgIpc) is 2.92. The normalized spacial score (nSPS) is 17.8. The van der Waals surface area contributed by atoms with Gasteiger partial charge in [-0.3, -0.25) is 9.89 Å². The summed E-state index contributed by atoms with van der Waals surface area (Å²) in [5.74, 6) is 0.233. The van der Waals surface area contributed by atoms with Gasteiger partial charge < -0.3 is 9.80 Å². The van der Waals surface area contributed by atoms with Crippen molar-refractivity contribution in [3.63, 3.8) is 0 Å². The van der Waals surface area contributed by atoms with Crippen molar-refractivity contribution in [1.82, 2.24) is 15.1 Å². The number of rotatable bonds is 4. The number of aromatic amines is 1. The lowest BCUT2D eigenvalue weighted by molar-refractivity contribution is -0.133. The molecule has 1 aromatic heterocycles. The van der Waals surface area contributed by atoms with E-state index < -0.39 is 0 Å². The van der Waals surface area contributed by atoms with Gasteiger partial charge in [-0.2, -0.15) is 5.10 Å². The van der Waals surface area contributed by atoms with Gasteiger partial charge in [0.2, 0.25) is 5.91 Å². The van der Waals surface area contributed by atoms with Gasteiger partial charge in [-0.05, 0) is 45.4 Å². The molecule has 0 spiro atoms. The molecular weight excluding hydrogens is 312 g/mol. The molecule has 0 unspecified atom stereocenters. The highest BCUT2D eigenvalue weighted by molar-refractivity contribution is 5.77. The summed E-state index contributed by atoms with van der Waals surface area (Å²) in [6.45, 7) is 10.9. The smallest absolute Gasteiger partial charge is 0.223 e.